The number of aromatic nitrogens is 5. The second-order valence-electron chi connectivity index (χ2n) is 8.26. The first-order valence-corrected chi connectivity index (χ1v) is 11.1. The summed E-state index contributed by atoms with van der Waals surface area (Å²) in [4.78, 5) is 4.70. The van der Waals surface area contributed by atoms with Crippen LogP contribution in [0.3, 0.4) is 0 Å². The van der Waals surface area contributed by atoms with Crippen LogP contribution in [0.15, 0.2) is 59.6 Å². The van der Waals surface area contributed by atoms with Crippen molar-refractivity contribution in [1.82, 2.24) is 25.2 Å². The lowest BCUT2D eigenvalue weighted by Crippen LogP contribution is -2.23. The molecule has 7 heteroatoms. The highest BCUT2D eigenvalue weighted by Crippen LogP contribution is 2.31. The molecule has 1 atom stereocenters. The highest BCUT2D eigenvalue weighted by Gasteiger charge is 2.22. The van der Waals surface area contributed by atoms with Crippen molar-refractivity contribution in [1.29, 1.82) is 0 Å². The van der Waals surface area contributed by atoms with Crippen LogP contribution in [-0.4, -0.2) is 37.1 Å². The molecule has 2 aromatic carbocycles. The Hall–Kier alpha value is -3.74. The number of aromatic amines is 1. The van der Waals surface area contributed by atoms with Gasteiger partial charge in [-0.25, -0.2) is 5.10 Å². The van der Waals surface area contributed by atoms with Gasteiger partial charge < -0.3 is 9.88 Å². The molecule has 0 aliphatic carbocycles. The van der Waals surface area contributed by atoms with Crippen LogP contribution in [0.1, 0.15) is 44.0 Å². The molecule has 4 aromatic rings. The minimum atomic E-state index is 0.0927. The Balaban J connectivity index is 1.47. The topological polar surface area (TPSA) is 83.8 Å². The van der Waals surface area contributed by atoms with Crippen LogP contribution in [0.4, 0.5) is 5.82 Å². The van der Waals surface area contributed by atoms with Crippen LogP contribution in [0.2, 0.25) is 0 Å². The average Bonchev–Trinajstić information content (AvgIpc) is 3.44. The number of tetrazole rings is 1. The van der Waals surface area contributed by atoms with Gasteiger partial charge >= 0.3 is 0 Å². The van der Waals surface area contributed by atoms with E-state index < -0.39 is 0 Å². The molecule has 0 saturated heterocycles. The summed E-state index contributed by atoms with van der Waals surface area (Å²) in [7, 11) is 0. The lowest BCUT2D eigenvalue weighted by molar-refractivity contribution is 0.714. The Labute approximate surface area is 187 Å². The molecule has 0 amide bonds. The van der Waals surface area contributed by atoms with Crippen molar-refractivity contribution < 1.29 is 0 Å². The van der Waals surface area contributed by atoms with E-state index in [1.54, 1.807) is 0 Å². The fourth-order valence-corrected chi connectivity index (χ4v) is 4.45. The largest absolute Gasteiger partial charge is 0.350 e. The van der Waals surface area contributed by atoms with Gasteiger partial charge in [-0.3, -0.25) is 4.99 Å². The average molecular weight is 426 g/mol. The second kappa shape index (κ2) is 8.42. The maximum Gasteiger partial charge on any atom is 0.180 e. The Morgan fingerprint density at radius 3 is 2.50 bits per heavy atom. The number of aryl methyl sites for hydroxylation is 1. The van der Waals surface area contributed by atoms with Crippen LogP contribution < -0.4 is 5.32 Å². The highest BCUT2D eigenvalue weighted by atomic mass is 15.5. The van der Waals surface area contributed by atoms with E-state index in [2.05, 4.69) is 87.7 Å². The number of fused-ring (bicyclic) bond motifs is 1. The van der Waals surface area contributed by atoms with Crippen LogP contribution in [-0.2, 0) is 13.0 Å². The predicted octanol–water partition coefficient (Wildman–Crippen LogP) is 4.92. The Morgan fingerprint density at radius 2 is 1.78 bits per heavy atom. The van der Waals surface area contributed by atoms with E-state index in [4.69, 9.17) is 4.99 Å². The van der Waals surface area contributed by atoms with Crippen molar-refractivity contribution in [2.75, 3.05) is 5.32 Å². The summed E-state index contributed by atoms with van der Waals surface area (Å²) < 4.78 is 2.41. The van der Waals surface area contributed by atoms with Crippen LogP contribution >= 0.6 is 0 Å². The zero-order chi connectivity index (χ0) is 22.1. The molecule has 2 aromatic heterocycles. The van der Waals surface area contributed by atoms with Gasteiger partial charge in [0.1, 0.15) is 12.0 Å². The van der Waals surface area contributed by atoms with Crippen molar-refractivity contribution in [3.63, 3.8) is 0 Å². The third kappa shape index (κ3) is 3.70. The fraction of sp³-hybridized carbons (Fsp3) is 0.280. The third-order valence-electron chi connectivity index (χ3n) is 5.94. The molecule has 2 N–H and O–H groups in total. The monoisotopic (exact) mass is 425 g/mol. The maximum atomic E-state index is 4.70. The van der Waals surface area contributed by atoms with E-state index in [0.717, 1.165) is 41.8 Å². The summed E-state index contributed by atoms with van der Waals surface area (Å²) in [5.41, 5.74) is 8.17. The molecule has 7 nitrogen and oxygen atoms in total. The Bertz CT molecular complexity index is 1250. The van der Waals surface area contributed by atoms with E-state index in [1.165, 1.54) is 22.6 Å². The summed E-state index contributed by atoms with van der Waals surface area (Å²) in [6.07, 6.45) is 2.25. The summed E-state index contributed by atoms with van der Waals surface area (Å²) in [5, 5.41) is 18.0. The molecule has 3 heterocycles. The van der Waals surface area contributed by atoms with Gasteiger partial charge in [0.05, 0.1) is 0 Å². The summed E-state index contributed by atoms with van der Waals surface area (Å²) in [5.74, 6) is 1.85. The van der Waals surface area contributed by atoms with E-state index in [0.29, 0.717) is 5.82 Å². The van der Waals surface area contributed by atoms with Crippen molar-refractivity contribution in [2.24, 2.45) is 4.99 Å². The molecule has 32 heavy (non-hydrogen) atoms. The van der Waals surface area contributed by atoms with Gasteiger partial charge in [-0.1, -0.05) is 61.9 Å². The van der Waals surface area contributed by atoms with Gasteiger partial charge in [0.2, 0.25) is 0 Å². The van der Waals surface area contributed by atoms with Crippen molar-refractivity contribution in [2.45, 2.75) is 46.3 Å². The summed E-state index contributed by atoms with van der Waals surface area (Å²) in [6.45, 7) is 7.25. The van der Waals surface area contributed by atoms with E-state index in [9.17, 15) is 0 Å². The number of hydrogen-bond donors (Lipinski definition) is 2. The summed E-state index contributed by atoms with van der Waals surface area (Å²) >= 11 is 0. The third-order valence-corrected chi connectivity index (χ3v) is 5.94. The van der Waals surface area contributed by atoms with E-state index in [-0.39, 0.29) is 6.17 Å². The molecular weight excluding hydrogens is 398 g/mol. The Kier molecular flexibility index (Phi) is 5.31. The SMILES string of the molecule is CCCc1cc2c(n1Cc1ccc(-c3ccccc3-c3nnn[nH]3)cc1)NC(C)N=C2C. The molecule has 162 valence electrons. The molecule has 1 aliphatic heterocycles. The first-order chi connectivity index (χ1) is 15.6. The quantitative estimate of drug-likeness (QED) is 0.459. The minimum absolute atomic E-state index is 0.0927. The fourth-order valence-electron chi connectivity index (χ4n) is 4.45. The predicted molar refractivity (Wildman–Crippen MR) is 128 cm³/mol. The zero-order valence-electron chi connectivity index (χ0n) is 18.6. The maximum absolute atomic E-state index is 4.70. The molecule has 0 fully saturated rings. The number of hydrogen-bond acceptors (Lipinski definition) is 5. The number of benzene rings is 2. The lowest BCUT2D eigenvalue weighted by atomic mass is 9.98. The Morgan fingerprint density at radius 1 is 1.00 bits per heavy atom. The summed E-state index contributed by atoms with van der Waals surface area (Å²) in [6, 6.07) is 19.2. The molecular formula is C25H27N7. The number of aliphatic imine (C=N–C) groups is 1. The molecule has 0 spiro atoms. The number of anilines is 1. The first-order valence-electron chi connectivity index (χ1n) is 11.1. The van der Waals surface area contributed by atoms with Gasteiger partial charge in [-0.15, -0.1) is 5.10 Å². The second-order valence-corrected chi connectivity index (χ2v) is 8.26. The van der Waals surface area contributed by atoms with Crippen LogP contribution in [0, 0.1) is 0 Å². The van der Waals surface area contributed by atoms with Gasteiger partial charge in [-0.05, 0) is 53.5 Å². The van der Waals surface area contributed by atoms with Crippen molar-refractivity contribution in [3.8, 4) is 22.5 Å². The molecule has 0 saturated carbocycles. The number of nitrogens with zero attached hydrogens (tertiary/aromatic N) is 5. The lowest BCUT2D eigenvalue weighted by Gasteiger charge is -2.22. The van der Waals surface area contributed by atoms with Crippen molar-refractivity contribution >= 4 is 11.5 Å². The van der Waals surface area contributed by atoms with Crippen LogP contribution in [0.5, 0.6) is 0 Å². The smallest absolute Gasteiger partial charge is 0.180 e. The van der Waals surface area contributed by atoms with E-state index in [1.807, 2.05) is 18.2 Å². The van der Waals surface area contributed by atoms with Crippen molar-refractivity contribution in [3.05, 3.63) is 71.4 Å². The molecule has 5 rings (SSSR count). The normalized spacial score (nSPS) is 15.2. The number of rotatable bonds is 6. The van der Waals surface area contributed by atoms with Gasteiger partial charge in [0.25, 0.3) is 0 Å². The standard InChI is InChI=1S/C25H27N7/c1-4-7-20-14-23-16(2)26-17(3)27-25(23)32(20)15-18-10-12-19(13-11-18)21-8-5-6-9-22(21)24-28-30-31-29-24/h5-6,8-14,17,27H,4,7,15H2,1-3H3,(H,28,29,30,31). The molecule has 1 unspecified atom stereocenters. The zero-order valence-corrected chi connectivity index (χ0v) is 18.6. The number of nitrogens with one attached hydrogen (secondary N) is 2. The molecule has 0 radical (unpaired) electrons. The van der Waals surface area contributed by atoms with Gasteiger partial charge in [-0.2, -0.15) is 0 Å². The highest BCUT2D eigenvalue weighted by molar-refractivity contribution is 6.04. The van der Waals surface area contributed by atoms with E-state index >= 15 is 0 Å². The first kappa shape index (κ1) is 20.2. The van der Waals surface area contributed by atoms with Gasteiger partial charge in [0, 0.05) is 29.1 Å². The van der Waals surface area contributed by atoms with Crippen LogP contribution in [0.25, 0.3) is 22.5 Å². The molecule has 0 bridgehead atoms. The van der Waals surface area contributed by atoms with Gasteiger partial charge in [0.15, 0.2) is 5.82 Å². The number of H-pyrrole nitrogens is 1. The minimum Gasteiger partial charge on any atom is -0.350 e. The molecule has 1 aliphatic rings.